The number of cyclic esters (lactones) is 1. The van der Waals surface area contributed by atoms with Crippen LogP contribution in [-0.4, -0.2) is 57.8 Å². The molecule has 0 aromatic carbocycles. The molecule has 2 heterocycles. The zero-order valence-electron chi connectivity index (χ0n) is 13.5. The smallest absolute Gasteiger partial charge is 0.313 e. The van der Waals surface area contributed by atoms with Crippen LogP contribution < -0.4 is 5.32 Å². The van der Waals surface area contributed by atoms with Gasteiger partial charge in [-0.05, 0) is 25.8 Å². The summed E-state index contributed by atoms with van der Waals surface area (Å²) in [5, 5.41) is 20.9. The normalized spacial score (nSPS) is 31.2. The molecule has 0 saturated carbocycles. The number of carbonyl (C=O) groups excluding carboxylic acids is 2. The molecule has 0 aliphatic carbocycles. The molecular weight excluding hydrogens is 322 g/mol. The lowest BCUT2D eigenvalue weighted by atomic mass is 9.86. The minimum absolute atomic E-state index is 0.0336. The van der Waals surface area contributed by atoms with E-state index in [1.54, 1.807) is 0 Å². The predicted molar refractivity (Wildman–Crippen MR) is 86.1 cm³/mol. The Morgan fingerprint density at radius 2 is 1.91 bits per heavy atom. The molecule has 7 nitrogen and oxygen atoms in total. The number of hydrogen-bond donors (Lipinski definition) is 3. The molecule has 0 aromatic rings. The summed E-state index contributed by atoms with van der Waals surface area (Å²) in [4.78, 5) is 32.3. The Labute approximate surface area is 140 Å². The molecule has 0 amide bonds. The number of carbonyl (C=O) groups is 3. The highest BCUT2D eigenvalue weighted by molar-refractivity contribution is 8.14. The van der Waals surface area contributed by atoms with Crippen LogP contribution in [0.15, 0.2) is 0 Å². The van der Waals surface area contributed by atoms with Crippen molar-refractivity contribution < 1.29 is 29.3 Å². The molecule has 2 fully saturated rings. The summed E-state index contributed by atoms with van der Waals surface area (Å²) in [5.74, 6) is -1.72. The van der Waals surface area contributed by atoms with Gasteiger partial charge in [0.2, 0.25) is 0 Å². The lowest BCUT2D eigenvalue weighted by Gasteiger charge is -2.33. The molecule has 0 spiro atoms. The molecule has 4 atom stereocenters. The monoisotopic (exact) mass is 347 g/mol. The fourth-order valence-electron chi connectivity index (χ4n) is 2.84. The fourth-order valence-corrected chi connectivity index (χ4v) is 3.79. The van der Waals surface area contributed by atoms with Crippen LogP contribution in [0.25, 0.3) is 0 Å². The van der Waals surface area contributed by atoms with Crippen LogP contribution in [0.3, 0.4) is 0 Å². The van der Waals surface area contributed by atoms with Crippen molar-refractivity contribution in [3.05, 3.63) is 0 Å². The minimum atomic E-state index is -0.833. The molecule has 23 heavy (non-hydrogen) atoms. The fraction of sp³-hybridized carbons (Fsp3) is 0.800. The predicted octanol–water partition coefficient (Wildman–Crippen LogP) is 0.792. The Morgan fingerprint density at radius 3 is 2.43 bits per heavy atom. The Hall–Kier alpha value is -1.12. The lowest BCUT2D eigenvalue weighted by Crippen LogP contribution is -2.50. The summed E-state index contributed by atoms with van der Waals surface area (Å²) in [6.07, 6.45) is 2.73. The highest BCUT2D eigenvalue weighted by atomic mass is 32.2. The molecule has 8 heteroatoms. The van der Waals surface area contributed by atoms with Crippen molar-refractivity contribution in [2.75, 3.05) is 13.2 Å². The van der Waals surface area contributed by atoms with Crippen molar-refractivity contribution in [2.24, 2.45) is 5.92 Å². The van der Waals surface area contributed by atoms with Crippen molar-refractivity contribution in [1.82, 2.24) is 5.32 Å². The maximum atomic E-state index is 12.0. The Balaban J connectivity index is 0.000000593. The largest absolute Gasteiger partial charge is 0.481 e. The molecule has 0 radical (unpaired) electrons. The molecule has 2 saturated heterocycles. The highest BCUT2D eigenvalue weighted by Crippen LogP contribution is 2.31. The summed E-state index contributed by atoms with van der Waals surface area (Å²) in [6, 6.07) is -0.0376. The minimum Gasteiger partial charge on any atom is -0.481 e. The second-order valence-corrected chi connectivity index (χ2v) is 7.11. The first-order chi connectivity index (χ1) is 10.8. The zero-order valence-corrected chi connectivity index (χ0v) is 14.3. The first kappa shape index (κ1) is 19.9. The Bertz CT molecular complexity index is 420. The van der Waals surface area contributed by atoms with Gasteiger partial charge in [-0.15, -0.1) is 0 Å². The lowest BCUT2D eigenvalue weighted by molar-refractivity contribution is -0.151. The quantitative estimate of drug-likeness (QED) is 0.629. The molecule has 0 aromatic heterocycles. The number of carboxylic acid groups (broad SMARTS) is 1. The van der Waals surface area contributed by atoms with Gasteiger partial charge in [0.25, 0.3) is 5.97 Å². The summed E-state index contributed by atoms with van der Waals surface area (Å²) in [7, 11) is 0. The van der Waals surface area contributed by atoms with E-state index < -0.39 is 18.0 Å². The van der Waals surface area contributed by atoms with E-state index in [9.17, 15) is 14.7 Å². The average Bonchev–Trinajstić information content (AvgIpc) is 2.58. The van der Waals surface area contributed by atoms with Gasteiger partial charge in [-0.25, -0.2) is 0 Å². The summed E-state index contributed by atoms with van der Waals surface area (Å²) in [5.41, 5.74) is 0. The second kappa shape index (κ2) is 9.89. The van der Waals surface area contributed by atoms with Gasteiger partial charge < -0.3 is 20.3 Å². The van der Waals surface area contributed by atoms with Gasteiger partial charge in [-0.1, -0.05) is 18.2 Å². The third-order valence-electron chi connectivity index (χ3n) is 3.77. The second-order valence-electron chi connectivity index (χ2n) is 5.70. The van der Waals surface area contributed by atoms with E-state index in [1.807, 2.05) is 0 Å². The Morgan fingerprint density at radius 1 is 1.26 bits per heavy atom. The van der Waals surface area contributed by atoms with Crippen LogP contribution in [-0.2, 0) is 19.1 Å². The van der Waals surface area contributed by atoms with E-state index in [4.69, 9.17) is 14.6 Å². The van der Waals surface area contributed by atoms with Gasteiger partial charge >= 0.3 is 5.97 Å². The first-order valence-electron chi connectivity index (χ1n) is 7.77. The summed E-state index contributed by atoms with van der Waals surface area (Å²) < 4.78 is 5.19. The third kappa shape index (κ3) is 6.88. The molecule has 0 unspecified atom stereocenters. The maximum absolute atomic E-state index is 12.0. The SMILES string of the molecule is CC(=O)O.CC(=O)S[C@H]1CCOC(=O)[C@H]([C@H]2CCCCN2)[C@@H]1O. The standard InChI is InChI=1S/C13H21NO4S.C2H4O2/c1-8(15)19-10-5-7-18-13(17)11(12(10)16)9-4-2-3-6-14-9;1-2(3)4/h9-12,14,16H,2-7H2,1H3;1H3,(H,3,4)/t9-,10+,11-,12-;/m1./s1. The van der Waals surface area contributed by atoms with Crippen LogP contribution in [0.5, 0.6) is 0 Å². The number of piperidine rings is 1. The highest BCUT2D eigenvalue weighted by Gasteiger charge is 2.42. The van der Waals surface area contributed by atoms with E-state index in [2.05, 4.69) is 5.32 Å². The number of aliphatic hydroxyl groups excluding tert-OH is 1. The number of aliphatic hydroxyl groups is 1. The van der Waals surface area contributed by atoms with E-state index in [-0.39, 0.29) is 29.0 Å². The number of hydrogen-bond acceptors (Lipinski definition) is 7. The third-order valence-corrected chi connectivity index (χ3v) is 4.92. The number of aliphatic carboxylic acids is 1. The maximum Gasteiger partial charge on any atom is 0.313 e. The van der Waals surface area contributed by atoms with E-state index in [0.717, 1.165) is 44.5 Å². The molecular formula is C15H25NO6S. The van der Waals surface area contributed by atoms with Crippen molar-refractivity contribution in [3.8, 4) is 0 Å². The van der Waals surface area contributed by atoms with Crippen LogP contribution in [0.2, 0.25) is 0 Å². The van der Waals surface area contributed by atoms with Crippen molar-refractivity contribution in [2.45, 2.75) is 56.9 Å². The van der Waals surface area contributed by atoms with Crippen molar-refractivity contribution in [3.63, 3.8) is 0 Å². The van der Waals surface area contributed by atoms with Gasteiger partial charge in [0, 0.05) is 25.1 Å². The molecule has 2 aliphatic rings. The zero-order chi connectivity index (χ0) is 17.4. The topological polar surface area (TPSA) is 113 Å². The number of thioether (sulfide) groups is 1. The van der Waals surface area contributed by atoms with Crippen LogP contribution in [0.1, 0.15) is 39.5 Å². The van der Waals surface area contributed by atoms with Crippen molar-refractivity contribution in [1.29, 1.82) is 0 Å². The number of rotatable bonds is 2. The van der Waals surface area contributed by atoms with E-state index in [0.29, 0.717) is 6.42 Å². The summed E-state index contributed by atoms with van der Waals surface area (Å²) >= 11 is 1.12. The number of nitrogens with one attached hydrogen (secondary N) is 1. The van der Waals surface area contributed by atoms with E-state index in [1.165, 1.54) is 6.92 Å². The molecule has 2 rings (SSSR count). The van der Waals surface area contributed by atoms with Crippen LogP contribution >= 0.6 is 11.8 Å². The molecule has 3 N–H and O–H groups in total. The molecule has 0 bridgehead atoms. The Kier molecular flexibility index (Phi) is 8.57. The number of carboxylic acids is 1. The molecule has 2 aliphatic heterocycles. The van der Waals surface area contributed by atoms with E-state index >= 15 is 0 Å². The van der Waals surface area contributed by atoms with Gasteiger partial charge in [-0.2, -0.15) is 0 Å². The van der Waals surface area contributed by atoms with Crippen LogP contribution in [0.4, 0.5) is 0 Å². The first-order valence-corrected chi connectivity index (χ1v) is 8.65. The molecule has 132 valence electrons. The van der Waals surface area contributed by atoms with Crippen LogP contribution in [0, 0.1) is 5.92 Å². The van der Waals surface area contributed by atoms with Crippen molar-refractivity contribution >= 4 is 28.8 Å². The van der Waals surface area contributed by atoms with Gasteiger partial charge in [0.15, 0.2) is 5.12 Å². The number of ether oxygens (including phenoxy) is 1. The van der Waals surface area contributed by atoms with Gasteiger partial charge in [0.05, 0.1) is 18.6 Å². The van der Waals surface area contributed by atoms with Gasteiger partial charge in [0.1, 0.15) is 0 Å². The van der Waals surface area contributed by atoms with Gasteiger partial charge in [-0.3, -0.25) is 14.4 Å². The summed E-state index contributed by atoms with van der Waals surface area (Å²) in [6.45, 7) is 3.72. The number of esters is 1. The average molecular weight is 347 g/mol.